The lowest BCUT2D eigenvalue weighted by molar-refractivity contribution is -0.138. The molecule has 4 heteroatoms. The summed E-state index contributed by atoms with van der Waals surface area (Å²) in [6, 6.07) is 0. The van der Waals surface area contributed by atoms with E-state index in [4.69, 9.17) is 0 Å². The van der Waals surface area contributed by atoms with Crippen LogP contribution in [0.5, 0.6) is 0 Å². The van der Waals surface area contributed by atoms with Gasteiger partial charge in [-0.25, -0.2) is 0 Å². The minimum atomic E-state index is -0.584. The number of nitrogens with zero attached hydrogens (tertiary/aromatic N) is 1. The zero-order valence-electron chi connectivity index (χ0n) is 10.9. The zero-order valence-corrected chi connectivity index (χ0v) is 10.9. The van der Waals surface area contributed by atoms with E-state index in [1.807, 2.05) is 39.5 Å². The third-order valence-electron chi connectivity index (χ3n) is 3.18. The van der Waals surface area contributed by atoms with Crippen LogP contribution >= 0.6 is 0 Å². The van der Waals surface area contributed by atoms with Gasteiger partial charge in [-0.15, -0.1) is 0 Å². The number of hydrogen-bond acceptors (Lipinski definition) is 3. The summed E-state index contributed by atoms with van der Waals surface area (Å²) in [5, 5.41) is 2.82. The molecule has 0 bridgehead atoms. The summed E-state index contributed by atoms with van der Waals surface area (Å²) in [5.41, 5.74) is -0.927. The van der Waals surface area contributed by atoms with Crippen molar-refractivity contribution in [3.8, 4) is 0 Å². The predicted octanol–water partition coefficient (Wildman–Crippen LogP) is 0.812. The van der Waals surface area contributed by atoms with Crippen LogP contribution in [0.2, 0.25) is 0 Å². The van der Waals surface area contributed by atoms with Crippen LogP contribution in [0.1, 0.15) is 34.6 Å². The second-order valence-electron chi connectivity index (χ2n) is 5.91. The highest BCUT2D eigenvalue weighted by Crippen LogP contribution is 2.21. The van der Waals surface area contributed by atoms with E-state index in [9.17, 15) is 9.59 Å². The van der Waals surface area contributed by atoms with Crippen molar-refractivity contribution in [2.24, 2.45) is 5.41 Å². The van der Waals surface area contributed by atoms with Gasteiger partial charge in [-0.05, 0) is 13.8 Å². The van der Waals surface area contributed by atoms with Gasteiger partial charge in [0.05, 0.1) is 12.1 Å². The van der Waals surface area contributed by atoms with Crippen LogP contribution < -0.4 is 5.32 Å². The number of carbonyl (C=O) groups excluding carboxylic acids is 2. The van der Waals surface area contributed by atoms with E-state index < -0.39 is 5.54 Å². The van der Waals surface area contributed by atoms with Gasteiger partial charge in [0.2, 0.25) is 5.91 Å². The van der Waals surface area contributed by atoms with Crippen molar-refractivity contribution >= 4 is 11.7 Å². The number of nitrogens with one attached hydrogen (secondary N) is 1. The molecule has 0 atom stereocenters. The molecule has 1 aliphatic rings. The smallest absolute Gasteiger partial charge is 0.240 e. The van der Waals surface area contributed by atoms with Crippen LogP contribution in [0.25, 0.3) is 0 Å². The average molecular weight is 226 g/mol. The molecule has 1 fully saturated rings. The number of rotatable bonds is 2. The van der Waals surface area contributed by atoms with Crippen molar-refractivity contribution in [2.45, 2.75) is 40.2 Å². The topological polar surface area (TPSA) is 49.4 Å². The largest absolute Gasteiger partial charge is 0.353 e. The Morgan fingerprint density at radius 2 is 2.00 bits per heavy atom. The Kier molecular flexibility index (Phi) is 3.43. The molecular formula is C12H22N2O2. The number of Topliss-reactive ketones (excluding diaryl/α,β-unsaturated/α-hetero) is 1. The molecule has 0 aromatic heterocycles. The Hall–Kier alpha value is -0.900. The van der Waals surface area contributed by atoms with Crippen molar-refractivity contribution in [1.82, 2.24) is 10.2 Å². The summed E-state index contributed by atoms with van der Waals surface area (Å²) < 4.78 is 0. The Labute approximate surface area is 97.4 Å². The van der Waals surface area contributed by atoms with E-state index in [1.54, 1.807) is 0 Å². The minimum absolute atomic E-state index is 0.000425. The Morgan fingerprint density at radius 1 is 1.44 bits per heavy atom. The molecule has 0 aromatic rings. The van der Waals surface area contributed by atoms with Crippen molar-refractivity contribution in [1.29, 1.82) is 0 Å². The van der Waals surface area contributed by atoms with E-state index in [2.05, 4.69) is 5.32 Å². The first kappa shape index (κ1) is 13.2. The Bertz CT molecular complexity index is 303. The first-order valence-electron chi connectivity index (χ1n) is 5.72. The lowest BCUT2D eigenvalue weighted by atomic mass is 9.89. The number of hydrogen-bond donors (Lipinski definition) is 1. The molecule has 0 radical (unpaired) electrons. The fraction of sp³-hybridized carbons (Fsp3) is 0.833. The number of ketones is 1. The molecule has 0 saturated carbocycles. The predicted molar refractivity (Wildman–Crippen MR) is 63.1 cm³/mol. The number of carbonyl (C=O) groups is 2. The quantitative estimate of drug-likeness (QED) is 0.758. The maximum Gasteiger partial charge on any atom is 0.240 e. The highest BCUT2D eigenvalue weighted by atomic mass is 16.2. The van der Waals surface area contributed by atoms with Gasteiger partial charge in [0.1, 0.15) is 0 Å². The molecule has 92 valence electrons. The van der Waals surface area contributed by atoms with Crippen LogP contribution in [0, 0.1) is 5.41 Å². The molecule has 1 aliphatic heterocycles. The lowest BCUT2D eigenvalue weighted by Gasteiger charge is -2.41. The highest BCUT2D eigenvalue weighted by Gasteiger charge is 2.39. The standard InChI is InChI=1S/C12H22N2O2/c1-11(2,3)9(15)8-14-7-6-13-10(16)12(14,4)5/h6-8H2,1-5H3,(H,13,16). The van der Waals surface area contributed by atoms with Crippen LogP contribution in [0.3, 0.4) is 0 Å². The van der Waals surface area contributed by atoms with Crippen molar-refractivity contribution in [3.63, 3.8) is 0 Å². The molecule has 0 aliphatic carbocycles. The Balaban J connectivity index is 2.74. The second-order valence-corrected chi connectivity index (χ2v) is 5.91. The van der Waals surface area contributed by atoms with Gasteiger partial charge in [0.25, 0.3) is 0 Å². The van der Waals surface area contributed by atoms with E-state index in [1.165, 1.54) is 0 Å². The van der Waals surface area contributed by atoms with Crippen LogP contribution in [-0.2, 0) is 9.59 Å². The van der Waals surface area contributed by atoms with E-state index in [0.29, 0.717) is 13.1 Å². The third kappa shape index (κ3) is 2.61. The van der Waals surface area contributed by atoms with Crippen LogP contribution in [-0.4, -0.2) is 41.8 Å². The van der Waals surface area contributed by atoms with Crippen LogP contribution in [0.4, 0.5) is 0 Å². The summed E-state index contributed by atoms with van der Waals surface area (Å²) in [5.74, 6) is 0.177. The third-order valence-corrected chi connectivity index (χ3v) is 3.18. The molecule has 1 rings (SSSR count). The summed E-state index contributed by atoms with van der Waals surface area (Å²) in [7, 11) is 0. The van der Waals surface area contributed by atoms with Crippen molar-refractivity contribution < 1.29 is 9.59 Å². The maximum absolute atomic E-state index is 12.0. The molecular weight excluding hydrogens is 204 g/mol. The van der Waals surface area contributed by atoms with Crippen molar-refractivity contribution in [2.75, 3.05) is 19.6 Å². The summed E-state index contributed by atoms with van der Waals surface area (Å²) in [6.45, 7) is 11.2. The molecule has 1 N–H and O–H groups in total. The first-order chi connectivity index (χ1) is 7.15. The monoisotopic (exact) mass is 226 g/mol. The molecule has 0 spiro atoms. The van der Waals surface area contributed by atoms with Gasteiger partial charge in [0, 0.05) is 18.5 Å². The number of piperazine rings is 1. The second kappa shape index (κ2) is 4.17. The zero-order chi connectivity index (χ0) is 12.6. The highest BCUT2D eigenvalue weighted by molar-refractivity contribution is 5.89. The molecule has 1 saturated heterocycles. The average Bonchev–Trinajstić information content (AvgIpc) is 2.11. The maximum atomic E-state index is 12.0. The Morgan fingerprint density at radius 3 is 2.50 bits per heavy atom. The molecule has 16 heavy (non-hydrogen) atoms. The molecule has 0 unspecified atom stereocenters. The van der Waals surface area contributed by atoms with Gasteiger partial charge < -0.3 is 5.32 Å². The first-order valence-corrected chi connectivity index (χ1v) is 5.72. The van der Waals surface area contributed by atoms with Crippen molar-refractivity contribution in [3.05, 3.63) is 0 Å². The lowest BCUT2D eigenvalue weighted by Crippen LogP contribution is -2.63. The van der Waals surface area contributed by atoms with Gasteiger partial charge in [0.15, 0.2) is 5.78 Å². The van der Waals surface area contributed by atoms with E-state index in [0.717, 1.165) is 6.54 Å². The summed E-state index contributed by atoms with van der Waals surface area (Å²) >= 11 is 0. The van der Waals surface area contributed by atoms with E-state index in [-0.39, 0.29) is 17.1 Å². The minimum Gasteiger partial charge on any atom is -0.353 e. The summed E-state index contributed by atoms with van der Waals surface area (Å²) in [6.07, 6.45) is 0. The molecule has 0 aromatic carbocycles. The summed E-state index contributed by atoms with van der Waals surface area (Å²) in [4.78, 5) is 25.6. The fourth-order valence-corrected chi connectivity index (χ4v) is 1.63. The van der Waals surface area contributed by atoms with Gasteiger partial charge >= 0.3 is 0 Å². The van der Waals surface area contributed by atoms with E-state index >= 15 is 0 Å². The van der Waals surface area contributed by atoms with Gasteiger partial charge in [-0.1, -0.05) is 20.8 Å². The fourth-order valence-electron chi connectivity index (χ4n) is 1.63. The van der Waals surface area contributed by atoms with Gasteiger partial charge in [-0.3, -0.25) is 14.5 Å². The number of amides is 1. The molecule has 1 amide bonds. The SMILES string of the molecule is CC(C)(C)C(=O)CN1CCNC(=O)C1(C)C. The van der Waals surface area contributed by atoms with Gasteiger partial charge in [-0.2, -0.15) is 0 Å². The molecule has 4 nitrogen and oxygen atoms in total. The van der Waals surface area contributed by atoms with Crippen LogP contribution in [0.15, 0.2) is 0 Å². The molecule has 1 heterocycles. The normalized spacial score (nSPS) is 21.7.